The number of ether oxygens (including phenoxy) is 1. The van der Waals surface area contributed by atoms with Crippen LogP contribution in [-0.2, 0) is 11.3 Å². The molecule has 25 heteroatoms. The molecule has 0 atom stereocenters. The van der Waals surface area contributed by atoms with Crippen molar-refractivity contribution in [3.05, 3.63) is 177 Å². The van der Waals surface area contributed by atoms with Gasteiger partial charge in [-0.1, -0.05) is 12.1 Å². The second-order valence-corrected chi connectivity index (χ2v) is 14.4. The molecule has 65 heavy (non-hydrogen) atoms. The van der Waals surface area contributed by atoms with Crippen molar-refractivity contribution >= 4 is 34.0 Å². The van der Waals surface area contributed by atoms with Crippen LogP contribution in [0.2, 0.25) is 0 Å². The van der Waals surface area contributed by atoms with E-state index in [1.807, 2.05) is 49.9 Å². The molecule has 0 aliphatic rings. The fraction of sp³-hybridized carbons (Fsp3) is 0.125. The summed E-state index contributed by atoms with van der Waals surface area (Å²) in [6.07, 6.45) is 0.0823. The lowest BCUT2D eigenvalue weighted by Crippen LogP contribution is -2.81. The van der Waals surface area contributed by atoms with Crippen LogP contribution in [0.3, 0.4) is 0 Å². The lowest BCUT2D eigenvalue weighted by Gasteiger charge is -2.44. The van der Waals surface area contributed by atoms with E-state index in [0.717, 1.165) is 12.1 Å². The second-order valence-electron chi connectivity index (χ2n) is 14.4. The number of rotatable bonds is 7. The summed E-state index contributed by atoms with van der Waals surface area (Å²) >= 11 is 0. The molecule has 0 unspecified atom stereocenters. The van der Waals surface area contributed by atoms with Crippen LogP contribution in [0, 0.1) is 116 Å². The predicted octanol–water partition coefficient (Wildman–Crippen LogP) is 8.22. The molecule has 4 nitrogen and oxygen atoms in total. The van der Waals surface area contributed by atoms with E-state index in [4.69, 9.17) is 4.74 Å². The molecule has 0 aliphatic heterocycles. The minimum Gasteiger partial charge on any atom is -0.456 e. The molecule has 0 amide bonds. The largest absolute Gasteiger partial charge is 0.456 e. The van der Waals surface area contributed by atoms with Crippen LogP contribution >= 0.6 is 0 Å². The molecule has 5 aromatic carbocycles. The molecule has 1 heterocycles. The van der Waals surface area contributed by atoms with Gasteiger partial charge in [-0.25, -0.2) is 92.6 Å². The van der Waals surface area contributed by atoms with Gasteiger partial charge in [0.25, 0.3) is 0 Å². The maximum atomic E-state index is 15.4. The lowest BCUT2D eigenvalue weighted by atomic mass is 9.12. The minimum atomic E-state index is -7.22. The van der Waals surface area contributed by atoms with E-state index in [2.05, 4.69) is 4.98 Å². The standard InChI is InChI=1S/C24BF20.C16H19N2O2/c26-5-1(6(27)14(35)21(42)13(5)34)25(2-7(28)15(36)22(43)16(37)8(2)29,3-9(30)17(38)23(44)18(39)10(3)31)4-11(32)19(40)24(45)20(41)12(4)33;1-16(2,3)20-15(19)14-6-4-13(5-7-14)12-18-10-8-17-9-11-18/h;4-11H,12H2,1-3H3/q-1;+1. The molecule has 0 aliphatic carbocycles. The van der Waals surface area contributed by atoms with Gasteiger partial charge in [-0.15, -0.1) is 21.9 Å². The first-order chi connectivity index (χ1) is 30.1. The Balaban J connectivity index is 0.000000330. The van der Waals surface area contributed by atoms with E-state index < -0.39 is 150 Å². The maximum absolute atomic E-state index is 15.4. The van der Waals surface area contributed by atoms with Gasteiger partial charge >= 0.3 is 5.97 Å². The van der Waals surface area contributed by atoms with Gasteiger partial charge in [-0.05, 0) is 32.9 Å². The van der Waals surface area contributed by atoms with Crippen molar-refractivity contribution in [1.82, 2.24) is 4.98 Å². The quantitative estimate of drug-likeness (QED) is 0.0405. The highest BCUT2D eigenvalue weighted by molar-refractivity contribution is 7.20. The summed E-state index contributed by atoms with van der Waals surface area (Å²) in [6, 6.07) is 7.47. The molecule has 1 aromatic heterocycles. The Bertz CT molecular complexity index is 2490. The fourth-order valence-corrected chi connectivity index (χ4v) is 6.62. The highest BCUT2D eigenvalue weighted by Crippen LogP contribution is 2.31. The van der Waals surface area contributed by atoms with Gasteiger partial charge in [-0.3, -0.25) is 4.98 Å². The zero-order chi connectivity index (χ0) is 48.9. The van der Waals surface area contributed by atoms with E-state index in [0.29, 0.717) is 5.56 Å². The molecule has 0 N–H and O–H groups in total. The number of carbonyl (C=O) groups excluding carboxylic acids is 1. The second kappa shape index (κ2) is 18.1. The average molecular weight is 950 g/mol. The zero-order valence-electron chi connectivity index (χ0n) is 32.2. The van der Waals surface area contributed by atoms with E-state index in [-0.39, 0.29) is 5.97 Å². The van der Waals surface area contributed by atoms with Gasteiger partial charge < -0.3 is 4.74 Å². The number of benzene rings is 5. The summed E-state index contributed by atoms with van der Waals surface area (Å²) in [5, 5.41) is 0. The van der Waals surface area contributed by atoms with Crippen molar-refractivity contribution in [3.63, 3.8) is 0 Å². The number of halogens is 20. The highest BCUT2D eigenvalue weighted by atomic mass is 19.2. The summed E-state index contributed by atoms with van der Waals surface area (Å²) in [4.78, 5) is 15.9. The van der Waals surface area contributed by atoms with Crippen LogP contribution in [0.25, 0.3) is 0 Å². The van der Waals surface area contributed by atoms with Crippen LogP contribution in [0.5, 0.6) is 0 Å². The van der Waals surface area contributed by atoms with Gasteiger partial charge in [0.2, 0.25) is 0 Å². The third-order valence-corrected chi connectivity index (χ3v) is 9.35. The predicted molar refractivity (Wildman–Crippen MR) is 184 cm³/mol. The molecule has 0 bridgehead atoms. The highest BCUT2D eigenvalue weighted by Gasteiger charge is 2.52. The Morgan fingerprint density at radius 1 is 0.446 bits per heavy atom. The van der Waals surface area contributed by atoms with Crippen LogP contribution in [0.4, 0.5) is 87.8 Å². The van der Waals surface area contributed by atoms with Crippen molar-refractivity contribution < 1.29 is 102 Å². The number of esters is 1. The summed E-state index contributed by atoms with van der Waals surface area (Å²) < 4.78 is 301. The molecule has 0 fully saturated rings. The van der Waals surface area contributed by atoms with Gasteiger partial charge in [-0.2, -0.15) is 4.57 Å². The Morgan fingerprint density at radius 3 is 0.938 bits per heavy atom. The molecule has 6 aromatic rings. The van der Waals surface area contributed by atoms with Crippen LogP contribution in [-0.4, -0.2) is 22.7 Å². The first kappa shape index (κ1) is 49.3. The summed E-state index contributed by atoms with van der Waals surface area (Å²) in [5.74, 6) is -71.7. The fourth-order valence-electron chi connectivity index (χ4n) is 6.62. The third-order valence-electron chi connectivity index (χ3n) is 9.35. The normalized spacial score (nSPS) is 11.7. The number of hydrogen-bond acceptors (Lipinski definition) is 3. The number of nitrogens with zero attached hydrogens (tertiary/aromatic N) is 2. The Labute approximate surface area is 350 Å². The topological polar surface area (TPSA) is 43.1 Å². The zero-order valence-corrected chi connectivity index (χ0v) is 32.2. The van der Waals surface area contributed by atoms with Crippen LogP contribution in [0.1, 0.15) is 36.7 Å². The smallest absolute Gasteiger partial charge is 0.338 e. The van der Waals surface area contributed by atoms with E-state index in [9.17, 15) is 57.5 Å². The molecule has 0 saturated carbocycles. The van der Waals surface area contributed by atoms with Crippen LogP contribution < -0.4 is 26.4 Å². The monoisotopic (exact) mass is 950 g/mol. The molecule has 344 valence electrons. The molecule has 0 saturated heterocycles. The van der Waals surface area contributed by atoms with E-state index >= 15 is 35.1 Å². The van der Waals surface area contributed by atoms with Crippen molar-refractivity contribution in [2.24, 2.45) is 0 Å². The SMILES string of the molecule is CC(C)(C)OC(=O)c1ccc(C[n+]2ccncc2)cc1.Fc1c(F)c(F)c([B-](c2c(F)c(F)c(F)c(F)c2F)(c2c(F)c(F)c(F)c(F)c2F)c2c(F)c(F)c(F)c(F)c2F)c(F)c1F. The van der Waals surface area contributed by atoms with E-state index in [1.54, 1.807) is 24.5 Å². The summed E-state index contributed by atoms with van der Waals surface area (Å²) in [5.41, 5.74) is -13.1. The molecular formula is C40H19BF20N2O2. The maximum Gasteiger partial charge on any atom is 0.338 e. The third kappa shape index (κ3) is 8.42. The molecule has 6 rings (SSSR count). The Morgan fingerprint density at radius 2 is 0.692 bits per heavy atom. The number of hydrogen-bond donors (Lipinski definition) is 0. The first-order valence-electron chi connectivity index (χ1n) is 17.5. The average Bonchev–Trinajstić information content (AvgIpc) is 3.26. The molecule has 0 spiro atoms. The van der Waals surface area contributed by atoms with E-state index in [1.165, 1.54) is 0 Å². The van der Waals surface area contributed by atoms with Crippen molar-refractivity contribution in [2.75, 3.05) is 0 Å². The Hall–Kier alpha value is -6.69. The number of aromatic nitrogens is 2. The van der Waals surface area contributed by atoms with Crippen LogP contribution in [0.15, 0.2) is 49.1 Å². The van der Waals surface area contributed by atoms with Crippen molar-refractivity contribution in [2.45, 2.75) is 32.9 Å². The van der Waals surface area contributed by atoms with Crippen molar-refractivity contribution in [3.8, 4) is 0 Å². The van der Waals surface area contributed by atoms with Gasteiger partial charge in [0.05, 0.1) is 18.0 Å². The first-order valence-corrected chi connectivity index (χ1v) is 17.5. The molecule has 0 radical (unpaired) electrons. The Kier molecular flexibility index (Phi) is 13.7. The summed E-state index contributed by atoms with van der Waals surface area (Å²) in [6.45, 7) is 6.33. The van der Waals surface area contributed by atoms with Gasteiger partial charge in [0.15, 0.2) is 88.7 Å². The van der Waals surface area contributed by atoms with Crippen molar-refractivity contribution in [1.29, 1.82) is 0 Å². The van der Waals surface area contributed by atoms with Gasteiger partial charge in [0.1, 0.15) is 58.3 Å². The number of carbonyl (C=O) groups is 1. The molecular weight excluding hydrogens is 931 g/mol. The lowest BCUT2D eigenvalue weighted by molar-refractivity contribution is -0.688. The van der Waals surface area contributed by atoms with Gasteiger partial charge in [0, 0.05) is 5.56 Å². The summed E-state index contributed by atoms with van der Waals surface area (Å²) in [7, 11) is 0. The minimum absolute atomic E-state index is 0.291.